The van der Waals surface area contributed by atoms with Crippen molar-refractivity contribution in [2.45, 2.75) is 6.92 Å². The summed E-state index contributed by atoms with van der Waals surface area (Å²) in [6.07, 6.45) is 0. The largest absolute Gasteiger partial charge is 0.439 e. The maximum Gasteiger partial charge on any atom is 0.290 e. The van der Waals surface area contributed by atoms with Crippen LogP contribution in [0.2, 0.25) is 0 Å². The maximum absolute atomic E-state index is 10.8. The number of nitro benzene ring substituents is 1. The Morgan fingerprint density at radius 3 is 2.74 bits per heavy atom. The second-order valence-corrected chi connectivity index (χ2v) is 3.90. The Morgan fingerprint density at radius 2 is 2.21 bits per heavy atom. The van der Waals surface area contributed by atoms with E-state index >= 15 is 0 Å². The highest BCUT2D eigenvalue weighted by Crippen LogP contribution is 2.28. The summed E-state index contributed by atoms with van der Waals surface area (Å²) in [6.45, 7) is 1.81. The van der Waals surface area contributed by atoms with Crippen molar-refractivity contribution in [2.24, 2.45) is 7.05 Å². The molecule has 96 valence electrons. The summed E-state index contributed by atoms with van der Waals surface area (Å²) < 4.78 is 7.03. The summed E-state index contributed by atoms with van der Waals surface area (Å²) in [5.74, 6) is 0.755. The van der Waals surface area contributed by atoms with Gasteiger partial charge in [0.1, 0.15) is 17.4 Å². The molecule has 0 aliphatic rings. The SMILES string of the molecule is Cc1cc(Oc2ccc(C#N)c([N+](=O)[O-])c2)n(C)n1. The van der Waals surface area contributed by atoms with Gasteiger partial charge in [-0.3, -0.25) is 10.1 Å². The Hall–Kier alpha value is -2.88. The molecule has 1 aromatic heterocycles. The number of nitrogens with zero attached hydrogens (tertiary/aromatic N) is 4. The van der Waals surface area contributed by atoms with Crippen LogP contribution in [-0.2, 0) is 7.05 Å². The van der Waals surface area contributed by atoms with Gasteiger partial charge < -0.3 is 4.74 Å². The lowest BCUT2D eigenvalue weighted by Crippen LogP contribution is -1.97. The fourth-order valence-electron chi connectivity index (χ4n) is 1.62. The molecule has 2 aromatic rings. The van der Waals surface area contributed by atoms with Crippen LogP contribution in [0.25, 0.3) is 0 Å². The molecule has 0 saturated heterocycles. The van der Waals surface area contributed by atoms with Crippen LogP contribution in [0.5, 0.6) is 11.6 Å². The van der Waals surface area contributed by atoms with Crippen molar-refractivity contribution >= 4 is 5.69 Å². The Balaban J connectivity index is 2.37. The van der Waals surface area contributed by atoms with Gasteiger partial charge in [0.2, 0.25) is 5.88 Å². The Kier molecular flexibility index (Phi) is 3.16. The number of aryl methyl sites for hydroxylation is 2. The van der Waals surface area contributed by atoms with E-state index in [-0.39, 0.29) is 17.0 Å². The quantitative estimate of drug-likeness (QED) is 0.621. The smallest absolute Gasteiger partial charge is 0.290 e. The van der Waals surface area contributed by atoms with E-state index in [1.54, 1.807) is 19.2 Å². The highest BCUT2D eigenvalue weighted by atomic mass is 16.6. The summed E-state index contributed by atoms with van der Waals surface area (Å²) in [7, 11) is 1.71. The third-order valence-electron chi connectivity index (χ3n) is 2.47. The maximum atomic E-state index is 10.8. The fourth-order valence-corrected chi connectivity index (χ4v) is 1.62. The van der Waals surface area contributed by atoms with Crippen LogP contribution in [0.1, 0.15) is 11.3 Å². The average Bonchev–Trinajstić information content (AvgIpc) is 2.67. The van der Waals surface area contributed by atoms with Crippen molar-refractivity contribution in [2.75, 3.05) is 0 Å². The topological polar surface area (TPSA) is 94.0 Å². The van der Waals surface area contributed by atoms with E-state index in [0.29, 0.717) is 5.88 Å². The lowest BCUT2D eigenvalue weighted by Gasteiger charge is -2.05. The molecule has 1 aromatic carbocycles. The van der Waals surface area contributed by atoms with Crippen molar-refractivity contribution in [3.63, 3.8) is 0 Å². The third kappa shape index (κ3) is 2.52. The number of benzene rings is 1. The van der Waals surface area contributed by atoms with Gasteiger partial charge in [-0.2, -0.15) is 10.4 Å². The summed E-state index contributed by atoms with van der Waals surface area (Å²) in [5.41, 5.74) is 0.498. The zero-order chi connectivity index (χ0) is 14.0. The molecular formula is C12H10N4O3. The molecule has 19 heavy (non-hydrogen) atoms. The molecule has 2 rings (SSSR count). The zero-order valence-corrected chi connectivity index (χ0v) is 10.3. The van der Waals surface area contributed by atoms with Gasteiger partial charge in [0.05, 0.1) is 16.7 Å². The number of ether oxygens (including phenoxy) is 1. The number of nitriles is 1. The second kappa shape index (κ2) is 4.78. The minimum atomic E-state index is -0.611. The van der Waals surface area contributed by atoms with E-state index in [4.69, 9.17) is 10.00 Å². The molecule has 0 N–H and O–H groups in total. The van der Waals surface area contributed by atoms with Crippen molar-refractivity contribution in [3.8, 4) is 17.7 Å². The van der Waals surface area contributed by atoms with Crippen molar-refractivity contribution in [1.82, 2.24) is 9.78 Å². The average molecular weight is 258 g/mol. The molecule has 0 radical (unpaired) electrons. The molecule has 0 aliphatic heterocycles. The van der Waals surface area contributed by atoms with E-state index in [1.807, 2.05) is 6.92 Å². The van der Waals surface area contributed by atoms with Crippen molar-refractivity contribution in [3.05, 3.63) is 45.6 Å². The van der Waals surface area contributed by atoms with Gasteiger partial charge in [-0.15, -0.1) is 0 Å². The number of nitro groups is 1. The predicted octanol–water partition coefficient (Wildman–Crippen LogP) is 2.30. The molecule has 0 fully saturated rings. The van der Waals surface area contributed by atoms with Gasteiger partial charge in [0, 0.05) is 13.1 Å². The number of hydrogen-bond acceptors (Lipinski definition) is 5. The predicted molar refractivity (Wildman–Crippen MR) is 65.8 cm³/mol. The molecule has 1 heterocycles. The Morgan fingerprint density at radius 1 is 1.47 bits per heavy atom. The minimum Gasteiger partial charge on any atom is -0.439 e. The number of hydrogen-bond donors (Lipinski definition) is 0. The molecular weight excluding hydrogens is 248 g/mol. The summed E-state index contributed by atoms with van der Waals surface area (Å²) in [4.78, 5) is 10.2. The van der Waals surface area contributed by atoms with Crippen LogP contribution in [0.3, 0.4) is 0 Å². The van der Waals surface area contributed by atoms with Crippen LogP contribution >= 0.6 is 0 Å². The molecule has 0 unspecified atom stereocenters. The molecule has 0 bridgehead atoms. The van der Waals surface area contributed by atoms with Crippen LogP contribution in [0.4, 0.5) is 5.69 Å². The first-order valence-electron chi connectivity index (χ1n) is 5.38. The van der Waals surface area contributed by atoms with Crippen LogP contribution in [-0.4, -0.2) is 14.7 Å². The highest BCUT2D eigenvalue weighted by molar-refractivity contribution is 5.52. The highest BCUT2D eigenvalue weighted by Gasteiger charge is 2.15. The van der Waals surface area contributed by atoms with Gasteiger partial charge in [-0.25, -0.2) is 4.68 Å². The standard InChI is InChI=1S/C12H10N4O3/c1-8-5-12(15(2)14-8)19-10-4-3-9(7-13)11(6-10)16(17)18/h3-6H,1-2H3. The van der Waals surface area contributed by atoms with E-state index in [2.05, 4.69) is 5.10 Å². The first-order valence-corrected chi connectivity index (χ1v) is 5.38. The normalized spacial score (nSPS) is 9.95. The fraction of sp³-hybridized carbons (Fsp3) is 0.167. The van der Waals surface area contributed by atoms with Crippen molar-refractivity contribution in [1.29, 1.82) is 5.26 Å². The first kappa shape index (κ1) is 12.6. The summed E-state index contributed by atoms with van der Waals surface area (Å²) in [5, 5.41) is 23.7. The molecule has 7 heteroatoms. The molecule has 0 spiro atoms. The second-order valence-electron chi connectivity index (χ2n) is 3.90. The Labute approximate surface area is 108 Å². The van der Waals surface area contributed by atoms with Gasteiger partial charge in [0.25, 0.3) is 5.69 Å². The number of rotatable bonds is 3. The number of aromatic nitrogens is 2. The third-order valence-corrected chi connectivity index (χ3v) is 2.47. The summed E-state index contributed by atoms with van der Waals surface area (Å²) in [6, 6.07) is 7.57. The van der Waals surface area contributed by atoms with Gasteiger partial charge in [-0.1, -0.05) is 0 Å². The molecule has 7 nitrogen and oxygen atoms in total. The minimum absolute atomic E-state index is 0.00135. The lowest BCUT2D eigenvalue weighted by molar-refractivity contribution is -0.385. The lowest BCUT2D eigenvalue weighted by atomic mass is 10.2. The van der Waals surface area contributed by atoms with Gasteiger partial charge in [0.15, 0.2) is 0 Å². The van der Waals surface area contributed by atoms with E-state index < -0.39 is 4.92 Å². The molecule has 0 aliphatic carbocycles. The van der Waals surface area contributed by atoms with E-state index in [1.165, 1.54) is 22.9 Å². The zero-order valence-electron chi connectivity index (χ0n) is 10.3. The Bertz CT molecular complexity index is 685. The molecule has 0 amide bonds. The first-order chi connectivity index (χ1) is 9.01. The summed E-state index contributed by atoms with van der Waals surface area (Å²) >= 11 is 0. The van der Waals surface area contributed by atoms with Gasteiger partial charge >= 0.3 is 0 Å². The van der Waals surface area contributed by atoms with E-state index in [0.717, 1.165) is 5.69 Å². The monoisotopic (exact) mass is 258 g/mol. The van der Waals surface area contributed by atoms with Crippen molar-refractivity contribution < 1.29 is 9.66 Å². The van der Waals surface area contributed by atoms with E-state index in [9.17, 15) is 10.1 Å². The molecule has 0 saturated carbocycles. The van der Waals surface area contributed by atoms with Gasteiger partial charge in [-0.05, 0) is 19.1 Å². The van der Waals surface area contributed by atoms with Crippen LogP contribution in [0, 0.1) is 28.4 Å². The molecule has 0 atom stereocenters. The van der Waals surface area contributed by atoms with Crippen LogP contribution < -0.4 is 4.74 Å². The van der Waals surface area contributed by atoms with Crippen LogP contribution in [0.15, 0.2) is 24.3 Å².